The van der Waals surface area contributed by atoms with Crippen LogP contribution in [0.3, 0.4) is 0 Å². The first-order valence-corrected chi connectivity index (χ1v) is 7.81. The Hall–Kier alpha value is -1.37. The number of aromatic carboxylic acids is 1. The van der Waals surface area contributed by atoms with Gasteiger partial charge in [-0.2, -0.15) is 5.10 Å². The van der Waals surface area contributed by atoms with Gasteiger partial charge in [-0.3, -0.25) is 4.68 Å². The SMILES string of the molecule is O=C(O)c1cc(C2CC2)n([C@@H]2CCS(=O)(=O)C2)n1. The maximum Gasteiger partial charge on any atom is 0.356 e. The molecule has 1 atom stereocenters. The standard InChI is InChI=1S/C11H14N2O4S/c14-11(15)9-5-10(7-1-2-7)13(12-9)8-3-4-18(16,17)6-8/h5,7-8H,1-4,6H2,(H,14,15)/t8-/m1/s1. The summed E-state index contributed by atoms with van der Waals surface area (Å²) in [5.74, 6) is -0.456. The van der Waals surface area contributed by atoms with Crippen LogP contribution in [0, 0.1) is 0 Å². The monoisotopic (exact) mass is 270 g/mol. The molecule has 0 radical (unpaired) electrons. The van der Waals surface area contributed by atoms with Crippen molar-refractivity contribution in [2.45, 2.75) is 31.2 Å². The van der Waals surface area contributed by atoms with Gasteiger partial charge in [0.25, 0.3) is 0 Å². The first-order valence-electron chi connectivity index (χ1n) is 5.99. The second kappa shape index (κ2) is 3.81. The Kier molecular flexibility index (Phi) is 2.48. The zero-order valence-corrected chi connectivity index (χ0v) is 10.6. The van der Waals surface area contributed by atoms with Gasteiger partial charge in [-0.15, -0.1) is 0 Å². The minimum Gasteiger partial charge on any atom is -0.476 e. The van der Waals surface area contributed by atoms with Crippen LogP contribution in [-0.2, 0) is 9.84 Å². The second-order valence-corrected chi connectivity index (χ2v) is 7.26. The van der Waals surface area contributed by atoms with Crippen LogP contribution in [0.15, 0.2) is 6.07 Å². The quantitative estimate of drug-likeness (QED) is 0.878. The van der Waals surface area contributed by atoms with E-state index in [1.54, 1.807) is 10.7 Å². The van der Waals surface area contributed by atoms with Crippen molar-refractivity contribution < 1.29 is 18.3 Å². The van der Waals surface area contributed by atoms with Gasteiger partial charge in [0.15, 0.2) is 15.5 Å². The average Bonchev–Trinajstić information content (AvgIpc) is 2.92. The fourth-order valence-electron chi connectivity index (χ4n) is 2.46. The van der Waals surface area contributed by atoms with Crippen LogP contribution < -0.4 is 0 Å². The van der Waals surface area contributed by atoms with Crippen LogP contribution in [0.25, 0.3) is 0 Å². The van der Waals surface area contributed by atoms with E-state index >= 15 is 0 Å². The number of hydrogen-bond donors (Lipinski definition) is 1. The summed E-state index contributed by atoms with van der Waals surface area (Å²) in [5, 5.41) is 13.0. The molecule has 0 amide bonds. The molecule has 3 rings (SSSR count). The van der Waals surface area contributed by atoms with E-state index in [0.717, 1.165) is 18.5 Å². The summed E-state index contributed by atoms with van der Waals surface area (Å²) < 4.78 is 24.6. The normalized spacial score (nSPS) is 26.3. The molecule has 1 aliphatic heterocycles. The fraction of sp³-hybridized carbons (Fsp3) is 0.636. The number of nitrogens with zero attached hydrogens (tertiary/aromatic N) is 2. The molecule has 2 aliphatic rings. The van der Waals surface area contributed by atoms with E-state index in [2.05, 4.69) is 5.10 Å². The Morgan fingerprint density at radius 2 is 2.11 bits per heavy atom. The number of hydrogen-bond acceptors (Lipinski definition) is 4. The van der Waals surface area contributed by atoms with E-state index in [-0.39, 0.29) is 23.2 Å². The van der Waals surface area contributed by atoms with E-state index in [4.69, 9.17) is 5.11 Å². The number of sulfone groups is 1. The summed E-state index contributed by atoms with van der Waals surface area (Å²) >= 11 is 0. The molecule has 0 bridgehead atoms. The minimum atomic E-state index is -2.98. The summed E-state index contributed by atoms with van der Waals surface area (Å²) in [4.78, 5) is 11.0. The fourth-order valence-corrected chi connectivity index (χ4v) is 4.15. The van der Waals surface area contributed by atoms with Gasteiger partial charge < -0.3 is 5.11 Å². The van der Waals surface area contributed by atoms with Crippen molar-refractivity contribution in [1.29, 1.82) is 0 Å². The average molecular weight is 270 g/mol. The Bertz CT molecular complexity index is 601. The topological polar surface area (TPSA) is 89.3 Å². The molecule has 98 valence electrons. The Morgan fingerprint density at radius 3 is 2.61 bits per heavy atom. The molecule has 2 heterocycles. The van der Waals surface area contributed by atoms with Gasteiger partial charge in [-0.1, -0.05) is 0 Å². The van der Waals surface area contributed by atoms with Crippen LogP contribution in [0.2, 0.25) is 0 Å². The summed E-state index contributed by atoms with van der Waals surface area (Å²) in [6, 6.07) is 1.39. The molecular formula is C11H14N2O4S. The largest absolute Gasteiger partial charge is 0.476 e. The molecule has 7 heteroatoms. The van der Waals surface area contributed by atoms with E-state index in [0.29, 0.717) is 12.3 Å². The molecule has 0 spiro atoms. The van der Waals surface area contributed by atoms with Crippen LogP contribution in [0.1, 0.15) is 47.4 Å². The van der Waals surface area contributed by atoms with Crippen molar-refractivity contribution in [1.82, 2.24) is 9.78 Å². The first-order chi connectivity index (χ1) is 8.46. The predicted octanol–water partition coefficient (Wildman–Crippen LogP) is 0.818. The molecule has 6 nitrogen and oxygen atoms in total. The van der Waals surface area contributed by atoms with Crippen molar-refractivity contribution in [3.05, 3.63) is 17.5 Å². The summed E-state index contributed by atoms with van der Waals surface area (Å²) in [7, 11) is -2.98. The van der Waals surface area contributed by atoms with Crippen molar-refractivity contribution >= 4 is 15.8 Å². The van der Waals surface area contributed by atoms with Crippen LogP contribution in [0.4, 0.5) is 0 Å². The zero-order valence-electron chi connectivity index (χ0n) is 9.74. The number of rotatable bonds is 3. The van der Waals surface area contributed by atoms with E-state index in [9.17, 15) is 13.2 Å². The van der Waals surface area contributed by atoms with E-state index < -0.39 is 15.8 Å². The number of carboxylic acids is 1. The van der Waals surface area contributed by atoms with Gasteiger partial charge >= 0.3 is 5.97 Å². The van der Waals surface area contributed by atoms with Crippen molar-refractivity contribution in [2.75, 3.05) is 11.5 Å². The second-order valence-electron chi connectivity index (χ2n) is 5.04. The Morgan fingerprint density at radius 1 is 1.39 bits per heavy atom. The third kappa shape index (κ3) is 2.03. The third-order valence-electron chi connectivity index (χ3n) is 3.53. The first kappa shape index (κ1) is 11.7. The van der Waals surface area contributed by atoms with Crippen LogP contribution in [0.5, 0.6) is 0 Å². The predicted molar refractivity (Wildman–Crippen MR) is 63.5 cm³/mol. The molecule has 1 aliphatic carbocycles. The van der Waals surface area contributed by atoms with Crippen molar-refractivity contribution in [2.24, 2.45) is 0 Å². The van der Waals surface area contributed by atoms with Gasteiger partial charge in [-0.25, -0.2) is 13.2 Å². The Balaban J connectivity index is 1.97. The Labute approximate surface area is 105 Å². The molecule has 18 heavy (non-hydrogen) atoms. The van der Waals surface area contributed by atoms with Gasteiger partial charge in [-0.05, 0) is 25.3 Å². The molecular weight excluding hydrogens is 256 g/mol. The molecule has 0 aromatic carbocycles. The molecule has 2 fully saturated rings. The number of carboxylic acid groups (broad SMARTS) is 1. The highest BCUT2D eigenvalue weighted by atomic mass is 32.2. The molecule has 1 aromatic rings. The van der Waals surface area contributed by atoms with Gasteiger partial charge in [0.1, 0.15) is 0 Å². The van der Waals surface area contributed by atoms with Gasteiger partial charge in [0, 0.05) is 11.6 Å². The van der Waals surface area contributed by atoms with Gasteiger partial charge in [0.05, 0.1) is 17.5 Å². The molecule has 1 N–H and O–H groups in total. The highest BCUT2D eigenvalue weighted by Crippen LogP contribution is 2.42. The van der Waals surface area contributed by atoms with Crippen molar-refractivity contribution in [3.8, 4) is 0 Å². The smallest absolute Gasteiger partial charge is 0.356 e. The third-order valence-corrected chi connectivity index (χ3v) is 5.28. The van der Waals surface area contributed by atoms with Crippen LogP contribution in [-0.4, -0.2) is 40.8 Å². The van der Waals surface area contributed by atoms with E-state index in [1.807, 2.05) is 0 Å². The summed E-state index contributed by atoms with van der Waals surface area (Å²) in [5.41, 5.74) is 0.899. The lowest BCUT2D eigenvalue weighted by molar-refractivity contribution is 0.0689. The highest BCUT2D eigenvalue weighted by Gasteiger charge is 2.35. The maximum absolute atomic E-state index is 11.5. The minimum absolute atomic E-state index is 0.0150. The van der Waals surface area contributed by atoms with Crippen molar-refractivity contribution in [3.63, 3.8) is 0 Å². The lowest BCUT2D eigenvalue weighted by atomic mass is 10.2. The number of aromatic nitrogens is 2. The highest BCUT2D eigenvalue weighted by molar-refractivity contribution is 7.91. The summed E-state index contributed by atoms with van der Waals surface area (Å²) in [6.45, 7) is 0. The molecule has 1 saturated heterocycles. The number of carbonyl (C=O) groups is 1. The van der Waals surface area contributed by atoms with E-state index in [1.165, 1.54) is 0 Å². The lowest BCUT2D eigenvalue weighted by Crippen LogP contribution is -2.15. The zero-order chi connectivity index (χ0) is 12.9. The maximum atomic E-state index is 11.5. The lowest BCUT2D eigenvalue weighted by Gasteiger charge is -2.12. The van der Waals surface area contributed by atoms with Gasteiger partial charge in [0.2, 0.25) is 0 Å². The molecule has 1 aromatic heterocycles. The van der Waals surface area contributed by atoms with Crippen LogP contribution >= 0.6 is 0 Å². The molecule has 1 saturated carbocycles. The molecule has 0 unspecified atom stereocenters. The summed E-state index contributed by atoms with van der Waals surface area (Å²) in [6.07, 6.45) is 2.59.